The molecule has 420 valence electrons. The van der Waals surface area contributed by atoms with Crippen LogP contribution < -0.4 is 9.47 Å². The number of hydrogen-bond donors (Lipinski definition) is 6. The maximum atomic E-state index is 12.7. The fraction of sp³-hybridized carbons (Fsp3) is 0.222. The molecule has 0 radical (unpaired) electrons. The van der Waals surface area contributed by atoms with E-state index in [1.165, 1.54) is 28.7 Å². The van der Waals surface area contributed by atoms with Crippen LogP contribution in [0, 0.1) is 32.1 Å². The smallest absolute Gasteiger partial charge is 0.299 e. The number of azo groups is 3. The quantitative estimate of drug-likeness (QED) is 0.0179. The topological polar surface area (TPSA) is 439 Å². The van der Waals surface area contributed by atoms with Gasteiger partial charge in [-0.1, -0.05) is 23.5 Å². The third-order valence-electron chi connectivity index (χ3n) is 11.6. The predicted octanol–water partition coefficient (Wildman–Crippen LogP) is 9.77. The standard InChI is InChI=1S/C45H40N10O18S7/c1-22-15-31(51-53-38-24(3)27(21-46)43-47-28-9-5-6-10-33(28)55(43)44(38)56)34(73-11-7-13-76(57,58)59)19-29(22)49-52-32-16-23(2)30(20-35(32)74-12-8-14-77(60,61)62)50-54-45-48-39-36(78(63,64)65)17-25-26(41(39)75-45)18-37(79(66,67)68)42(40(25)72-4)80(69,70)71/h5-6,9-10,15-20,56H,7-8,11-14H2,1-4H3,(H,57,58,59)(H,60,61,62)(H,63,64,65)(H,66,67,68)(H,69,70,71). The van der Waals surface area contributed by atoms with Gasteiger partial charge in [0.25, 0.3) is 50.6 Å². The van der Waals surface area contributed by atoms with Crippen LogP contribution in [0.5, 0.6) is 17.4 Å². The van der Waals surface area contributed by atoms with Crippen LogP contribution in [-0.4, -0.2) is 115 Å². The van der Waals surface area contributed by atoms with Gasteiger partial charge in [0.1, 0.15) is 44.1 Å². The Kier molecular flexibility index (Phi) is 16.5. The van der Waals surface area contributed by atoms with E-state index in [2.05, 4.69) is 46.7 Å². The van der Waals surface area contributed by atoms with Gasteiger partial charge >= 0.3 is 0 Å². The van der Waals surface area contributed by atoms with Crippen molar-refractivity contribution in [1.29, 1.82) is 5.26 Å². The lowest BCUT2D eigenvalue weighted by molar-refractivity contribution is 0.317. The van der Waals surface area contributed by atoms with E-state index in [0.29, 0.717) is 50.5 Å². The first-order chi connectivity index (χ1) is 37.4. The minimum absolute atomic E-state index is 0.00499. The van der Waals surface area contributed by atoms with Crippen molar-refractivity contribution in [2.45, 2.75) is 53.2 Å². The fourth-order valence-corrected chi connectivity index (χ4v) is 13.7. The van der Waals surface area contributed by atoms with Gasteiger partial charge in [0.05, 0.1) is 58.0 Å². The molecule has 35 heteroatoms. The van der Waals surface area contributed by atoms with Crippen LogP contribution in [0.3, 0.4) is 0 Å². The molecular formula is C45H40N10O18S7. The number of aromatic hydroxyl groups is 1. The second-order valence-corrected chi connectivity index (χ2v) is 26.5. The number of ether oxygens (including phenoxy) is 2. The Bertz CT molecular complexity index is 4640. The number of aryl methyl sites for hydroxylation is 2. The van der Waals surface area contributed by atoms with Crippen molar-refractivity contribution in [3.8, 4) is 23.4 Å². The van der Waals surface area contributed by atoms with Gasteiger partial charge in [-0.15, -0.1) is 37.3 Å². The molecule has 3 heterocycles. The van der Waals surface area contributed by atoms with E-state index in [4.69, 9.17) is 9.47 Å². The Morgan fingerprint density at radius 2 is 1.30 bits per heavy atom. The average Bonchev–Trinajstić information content (AvgIpc) is 3.97. The van der Waals surface area contributed by atoms with E-state index >= 15 is 0 Å². The summed E-state index contributed by atoms with van der Waals surface area (Å²) in [5.74, 6) is -2.43. The number of nitriles is 1. The minimum Gasteiger partial charge on any atom is -0.495 e. The molecule has 0 bridgehead atoms. The second-order valence-electron chi connectivity index (χ2n) is 17.1. The number of pyridine rings is 1. The number of methoxy groups -OCH3 is 1. The number of thiazole rings is 1. The lowest BCUT2D eigenvalue weighted by Crippen LogP contribution is -2.11. The SMILES string of the molecule is COc1c(S(=O)(=O)O)c(S(=O)(=O)O)cc2c1cc(S(=O)(=O)O)c1nc(N=Nc3cc(SCCCS(=O)(=O)O)c(N=Nc4cc(OCCCS(=O)(=O)O)c(N=Nc5c(C)c(C#N)c6nc7ccccc7n6c5O)cc4C)cc3C)sc12. The molecule has 0 aliphatic heterocycles. The molecule has 0 amide bonds. The van der Waals surface area contributed by atoms with Crippen molar-refractivity contribution < 1.29 is 79.4 Å². The Hall–Kier alpha value is -7.21. The highest BCUT2D eigenvalue weighted by Crippen LogP contribution is 2.47. The van der Waals surface area contributed by atoms with Crippen LogP contribution in [0.15, 0.2) is 111 Å². The summed E-state index contributed by atoms with van der Waals surface area (Å²) in [5.41, 5.74) is 2.36. The van der Waals surface area contributed by atoms with E-state index in [-0.39, 0.29) is 97.3 Å². The highest BCUT2D eigenvalue weighted by atomic mass is 32.2. The highest BCUT2D eigenvalue weighted by Gasteiger charge is 2.33. The summed E-state index contributed by atoms with van der Waals surface area (Å²) in [6.45, 7) is 4.53. The fourth-order valence-electron chi connectivity index (χ4n) is 8.00. The molecule has 0 aliphatic rings. The van der Waals surface area contributed by atoms with Crippen LogP contribution in [0.1, 0.15) is 35.1 Å². The first-order valence-corrected chi connectivity index (χ1v) is 31.9. The molecule has 6 N–H and O–H groups in total. The number of fused-ring (bicyclic) bond motifs is 6. The van der Waals surface area contributed by atoms with Gasteiger partial charge in [0.2, 0.25) is 11.0 Å². The van der Waals surface area contributed by atoms with E-state index in [9.17, 15) is 75.2 Å². The van der Waals surface area contributed by atoms with Crippen molar-refractivity contribution in [2.75, 3.05) is 31.0 Å². The molecule has 8 aromatic rings. The highest BCUT2D eigenvalue weighted by molar-refractivity contribution is 7.99. The Morgan fingerprint density at radius 3 is 1.94 bits per heavy atom. The molecular weight excluding hydrogens is 1190 g/mol. The molecule has 3 aromatic heterocycles. The molecule has 5 aromatic carbocycles. The molecule has 28 nitrogen and oxygen atoms in total. The summed E-state index contributed by atoms with van der Waals surface area (Å²) in [7, 11) is -24.0. The zero-order chi connectivity index (χ0) is 58.4. The van der Waals surface area contributed by atoms with Gasteiger partial charge in [0.15, 0.2) is 16.2 Å². The van der Waals surface area contributed by atoms with Crippen molar-refractivity contribution in [3.05, 3.63) is 82.9 Å². The molecule has 8 rings (SSSR count). The van der Waals surface area contributed by atoms with E-state index in [0.717, 1.165) is 18.9 Å². The number of para-hydroxylation sites is 2. The van der Waals surface area contributed by atoms with E-state index < -0.39 is 93.4 Å². The third-order valence-corrected chi connectivity index (χ3v) is 18.1. The summed E-state index contributed by atoms with van der Waals surface area (Å²) in [4.78, 5) is 5.34. The Labute approximate surface area is 462 Å². The maximum Gasteiger partial charge on any atom is 0.299 e. The molecule has 0 fully saturated rings. The van der Waals surface area contributed by atoms with Crippen molar-refractivity contribution in [2.24, 2.45) is 30.7 Å². The molecule has 0 aliphatic carbocycles. The van der Waals surface area contributed by atoms with Gasteiger partial charge in [-0.2, -0.15) is 52.5 Å². The van der Waals surface area contributed by atoms with Gasteiger partial charge in [-0.3, -0.25) is 27.2 Å². The van der Waals surface area contributed by atoms with Gasteiger partial charge in [-0.05, 0) is 93.0 Å². The summed E-state index contributed by atoms with van der Waals surface area (Å²) in [6, 6.07) is 16.3. The number of nitrogens with zero attached hydrogens (tertiary/aromatic N) is 10. The second kappa shape index (κ2) is 22.4. The summed E-state index contributed by atoms with van der Waals surface area (Å²) >= 11 is 1.66. The summed E-state index contributed by atoms with van der Waals surface area (Å²) < 4.78 is 183. The number of aromatic nitrogens is 3. The van der Waals surface area contributed by atoms with Crippen molar-refractivity contribution in [3.63, 3.8) is 0 Å². The molecule has 0 saturated carbocycles. The van der Waals surface area contributed by atoms with Gasteiger partial charge in [-0.25, -0.2) is 9.97 Å². The van der Waals surface area contributed by atoms with E-state index in [1.54, 1.807) is 45.0 Å². The largest absolute Gasteiger partial charge is 0.495 e. The lowest BCUT2D eigenvalue weighted by Gasteiger charge is -2.14. The number of hydrogen-bond acceptors (Lipinski definition) is 24. The normalized spacial score (nSPS) is 13.1. The monoisotopic (exact) mass is 1230 g/mol. The maximum absolute atomic E-state index is 12.7. The Morgan fingerprint density at radius 1 is 0.700 bits per heavy atom. The van der Waals surface area contributed by atoms with Crippen LogP contribution in [0.4, 0.5) is 33.6 Å². The number of benzene rings is 5. The number of rotatable bonds is 20. The average molecular weight is 1230 g/mol. The number of imidazole rings is 1. The van der Waals surface area contributed by atoms with Crippen LogP contribution in [-0.2, 0) is 50.6 Å². The third kappa shape index (κ3) is 12.7. The molecule has 0 unspecified atom stereocenters. The van der Waals surface area contributed by atoms with Crippen molar-refractivity contribution >= 4 is 145 Å². The van der Waals surface area contributed by atoms with Crippen LogP contribution in [0.2, 0.25) is 0 Å². The summed E-state index contributed by atoms with van der Waals surface area (Å²) in [6.07, 6.45) is -0.197. The minimum atomic E-state index is -5.49. The molecule has 0 saturated heterocycles. The molecule has 0 atom stereocenters. The summed E-state index contributed by atoms with van der Waals surface area (Å²) in [5, 5.41) is 46.7. The van der Waals surface area contributed by atoms with E-state index in [1.807, 2.05) is 0 Å². The molecule has 0 spiro atoms. The Balaban J connectivity index is 1.20. The number of thioether (sulfide) groups is 1. The first-order valence-electron chi connectivity index (χ1n) is 22.5. The zero-order valence-corrected chi connectivity index (χ0v) is 47.1. The lowest BCUT2D eigenvalue weighted by atomic mass is 10.1. The zero-order valence-electron chi connectivity index (χ0n) is 41.4. The van der Waals surface area contributed by atoms with Crippen LogP contribution >= 0.6 is 23.1 Å². The predicted molar refractivity (Wildman–Crippen MR) is 290 cm³/mol. The van der Waals surface area contributed by atoms with Gasteiger partial charge < -0.3 is 14.6 Å². The van der Waals surface area contributed by atoms with Crippen molar-refractivity contribution in [1.82, 2.24) is 14.4 Å². The van der Waals surface area contributed by atoms with Gasteiger partial charge in [0, 0.05) is 27.3 Å². The molecule has 80 heavy (non-hydrogen) atoms. The van der Waals surface area contributed by atoms with Crippen LogP contribution in [0.25, 0.3) is 37.7 Å². The first kappa shape index (κ1) is 58.9.